The maximum absolute atomic E-state index is 12.2. The first-order valence-electron chi connectivity index (χ1n) is 7.54. The number of rotatable bonds is 8. The van der Waals surface area contributed by atoms with E-state index in [-0.39, 0.29) is 11.2 Å². The third-order valence-electron chi connectivity index (χ3n) is 3.68. The first-order valence-corrected chi connectivity index (χ1v) is 8.42. The van der Waals surface area contributed by atoms with E-state index in [0.29, 0.717) is 12.6 Å². The average molecular weight is 312 g/mol. The summed E-state index contributed by atoms with van der Waals surface area (Å²) in [7, 11) is 1.69. The maximum atomic E-state index is 12.2. The molecular formula is C14H24N4O2S. The van der Waals surface area contributed by atoms with Gasteiger partial charge in [0, 0.05) is 26.3 Å². The Bertz CT molecular complexity index is 446. The molecule has 0 saturated heterocycles. The number of ether oxygens (including phenoxy) is 1. The fraction of sp³-hybridized carbons (Fsp3) is 0.786. The van der Waals surface area contributed by atoms with Crippen molar-refractivity contribution in [3.63, 3.8) is 0 Å². The summed E-state index contributed by atoms with van der Waals surface area (Å²) in [5, 5.41) is 11.8. The third-order valence-corrected chi connectivity index (χ3v) is 4.78. The van der Waals surface area contributed by atoms with Crippen LogP contribution in [0.3, 0.4) is 0 Å². The van der Waals surface area contributed by atoms with Crippen LogP contribution in [0.15, 0.2) is 11.5 Å². The minimum absolute atomic E-state index is 0.0957. The summed E-state index contributed by atoms with van der Waals surface area (Å²) < 4.78 is 7.02. The van der Waals surface area contributed by atoms with Crippen LogP contribution in [0.25, 0.3) is 0 Å². The van der Waals surface area contributed by atoms with E-state index in [4.69, 9.17) is 4.74 Å². The predicted molar refractivity (Wildman–Crippen MR) is 82.2 cm³/mol. The summed E-state index contributed by atoms with van der Waals surface area (Å²) >= 11 is 1.46. The second kappa shape index (κ2) is 8.38. The number of hydrogen-bond acceptors (Lipinski definition) is 5. The molecule has 0 radical (unpaired) electrons. The van der Waals surface area contributed by atoms with Crippen molar-refractivity contribution in [1.29, 1.82) is 0 Å². The lowest BCUT2D eigenvalue weighted by Gasteiger charge is -2.16. The Morgan fingerprint density at radius 3 is 3.05 bits per heavy atom. The number of thioether (sulfide) groups is 1. The van der Waals surface area contributed by atoms with Crippen LogP contribution >= 0.6 is 11.8 Å². The molecule has 1 aromatic rings. The van der Waals surface area contributed by atoms with Crippen LogP contribution in [0, 0.1) is 0 Å². The topological polar surface area (TPSA) is 69.0 Å². The Morgan fingerprint density at radius 2 is 2.33 bits per heavy atom. The van der Waals surface area contributed by atoms with Gasteiger partial charge in [-0.2, -0.15) is 0 Å². The van der Waals surface area contributed by atoms with Gasteiger partial charge in [-0.1, -0.05) is 24.6 Å². The van der Waals surface area contributed by atoms with Crippen molar-refractivity contribution in [2.24, 2.45) is 0 Å². The summed E-state index contributed by atoms with van der Waals surface area (Å²) in [6.45, 7) is 3.43. The van der Waals surface area contributed by atoms with Crippen LogP contribution in [0.2, 0.25) is 0 Å². The van der Waals surface area contributed by atoms with Gasteiger partial charge in [0.25, 0.3) is 0 Å². The monoisotopic (exact) mass is 312 g/mol. The third kappa shape index (κ3) is 5.00. The molecule has 118 valence electrons. The van der Waals surface area contributed by atoms with Gasteiger partial charge < -0.3 is 14.6 Å². The number of aromatic nitrogens is 3. The number of amides is 1. The molecule has 1 aromatic heterocycles. The van der Waals surface area contributed by atoms with E-state index in [1.807, 2.05) is 11.5 Å². The summed E-state index contributed by atoms with van der Waals surface area (Å²) in [5.41, 5.74) is 0. The van der Waals surface area contributed by atoms with Crippen molar-refractivity contribution in [2.45, 2.75) is 62.0 Å². The summed E-state index contributed by atoms with van der Waals surface area (Å²) in [6, 6.07) is 0.361. The van der Waals surface area contributed by atoms with E-state index >= 15 is 0 Å². The zero-order valence-electron chi connectivity index (χ0n) is 12.7. The van der Waals surface area contributed by atoms with Crippen LogP contribution in [0.4, 0.5) is 0 Å². The maximum Gasteiger partial charge on any atom is 0.233 e. The molecule has 0 bridgehead atoms. The molecule has 1 atom stereocenters. The number of hydrogen-bond donors (Lipinski definition) is 1. The highest BCUT2D eigenvalue weighted by atomic mass is 32.2. The quantitative estimate of drug-likeness (QED) is 0.586. The van der Waals surface area contributed by atoms with Gasteiger partial charge >= 0.3 is 0 Å². The van der Waals surface area contributed by atoms with Gasteiger partial charge in [0.15, 0.2) is 5.16 Å². The lowest BCUT2D eigenvalue weighted by molar-refractivity contribution is -0.120. The van der Waals surface area contributed by atoms with Crippen LogP contribution in [0.5, 0.6) is 0 Å². The molecule has 1 heterocycles. The van der Waals surface area contributed by atoms with Gasteiger partial charge in [0.2, 0.25) is 5.91 Å². The number of aryl methyl sites for hydroxylation is 1. The smallest absolute Gasteiger partial charge is 0.233 e. The predicted octanol–water partition coefficient (Wildman–Crippen LogP) is 1.85. The Kier molecular flexibility index (Phi) is 6.50. The molecule has 1 fully saturated rings. The van der Waals surface area contributed by atoms with Crippen LogP contribution < -0.4 is 5.32 Å². The fourth-order valence-corrected chi connectivity index (χ4v) is 3.33. The normalized spacial score (nSPS) is 17.0. The van der Waals surface area contributed by atoms with Gasteiger partial charge in [-0.15, -0.1) is 10.2 Å². The summed E-state index contributed by atoms with van der Waals surface area (Å²) in [5.74, 6) is 0.0957. The van der Waals surface area contributed by atoms with E-state index in [2.05, 4.69) is 15.5 Å². The summed E-state index contributed by atoms with van der Waals surface area (Å²) in [4.78, 5) is 12.2. The molecule has 1 unspecified atom stereocenters. The van der Waals surface area contributed by atoms with E-state index in [9.17, 15) is 4.79 Å². The molecule has 0 aliphatic heterocycles. The molecule has 0 spiro atoms. The minimum atomic E-state index is -0.157. The number of nitrogens with one attached hydrogen (secondary N) is 1. The number of methoxy groups -OCH3 is 1. The minimum Gasteiger partial charge on any atom is -0.385 e. The Hall–Kier alpha value is -1.08. The highest BCUT2D eigenvalue weighted by Gasteiger charge is 2.22. The van der Waals surface area contributed by atoms with Gasteiger partial charge in [-0.3, -0.25) is 4.79 Å². The van der Waals surface area contributed by atoms with Crippen LogP contribution in [-0.2, 0) is 16.1 Å². The average Bonchev–Trinajstić information content (AvgIpc) is 3.11. The van der Waals surface area contributed by atoms with Crippen molar-refractivity contribution >= 4 is 17.7 Å². The van der Waals surface area contributed by atoms with Crippen molar-refractivity contribution in [2.75, 3.05) is 13.7 Å². The lowest BCUT2D eigenvalue weighted by Crippen LogP contribution is -2.37. The second-order valence-electron chi connectivity index (χ2n) is 5.40. The van der Waals surface area contributed by atoms with Crippen molar-refractivity contribution in [1.82, 2.24) is 20.1 Å². The molecule has 1 aliphatic rings. The standard InChI is InChI=1S/C14H24N4O2S/c1-11(13(19)16-12-6-3-4-7-12)21-14-17-15-10-18(14)8-5-9-20-2/h10-12H,3-9H2,1-2H3,(H,16,19). The summed E-state index contributed by atoms with van der Waals surface area (Å²) in [6.07, 6.45) is 7.28. The van der Waals surface area contributed by atoms with E-state index in [0.717, 1.165) is 31.0 Å². The molecule has 1 saturated carbocycles. The van der Waals surface area contributed by atoms with Crippen molar-refractivity contribution < 1.29 is 9.53 Å². The van der Waals surface area contributed by atoms with Gasteiger partial charge in [-0.05, 0) is 26.2 Å². The largest absolute Gasteiger partial charge is 0.385 e. The molecule has 1 amide bonds. The van der Waals surface area contributed by atoms with Crippen molar-refractivity contribution in [3.05, 3.63) is 6.33 Å². The highest BCUT2D eigenvalue weighted by Crippen LogP contribution is 2.23. The van der Waals surface area contributed by atoms with Crippen LogP contribution in [-0.4, -0.2) is 45.7 Å². The lowest BCUT2D eigenvalue weighted by atomic mass is 10.2. The van der Waals surface area contributed by atoms with E-state index in [1.165, 1.54) is 24.6 Å². The molecule has 0 aromatic carbocycles. The Labute approximate surface area is 130 Å². The first-order chi connectivity index (χ1) is 10.2. The Morgan fingerprint density at radius 1 is 1.57 bits per heavy atom. The molecule has 1 N–H and O–H groups in total. The molecule has 21 heavy (non-hydrogen) atoms. The molecule has 1 aliphatic carbocycles. The van der Waals surface area contributed by atoms with Crippen molar-refractivity contribution in [3.8, 4) is 0 Å². The molecular weight excluding hydrogens is 288 g/mol. The number of carbonyl (C=O) groups excluding carboxylic acids is 1. The zero-order chi connectivity index (χ0) is 15.1. The van der Waals surface area contributed by atoms with Gasteiger partial charge in [0.05, 0.1) is 5.25 Å². The van der Waals surface area contributed by atoms with E-state index < -0.39 is 0 Å². The zero-order valence-corrected chi connectivity index (χ0v) is 13.6. The molecule has 2 rings (SSSR count). The fourth-order valence-electron chi connectivity index (χ4n) is 2.47. The molecule has 7 heteroatoms. The second-order valence-corrected chi connectivity index (χ2v) is 6.71. The first kappa shape index (κ1) is 16.3. The van der Waals surface area contributed by atoms with E-state index in [1.54, 1.807) is 13.4 Å². The molecule has 6 nitrogen and oxygen atoms in total. The number of nitrogens with zero attached hydrogens (tertiary/aromatic N) is 3. The van der Waals surface area contributed by atoms with Gasteiger partial charge in [0.1, 0.15) is 6.33 Å². The van der Waals surface area contributed by atoms with Gasteiger partial charge in [-0.25, -0.2) is 0 Å². The Balaban J connectivity index is 1.82. The van der Waals surface area contributed by atoms with Crippen LogP contribution in [0.1, 0.15) is 39.0 Å². The highest BCUT2D eigenvalue weighted by molar-refractivity contribution is 8.00. The SMILES string of the molecule is COCCCn1cnnc1SC(C)C(=O)NC1CCCC1. The number of carbonyl (C=O) groups is 1.